The number of hydrogen-bond acceptors (Lipinski definition) is 4. The lowest BCUT2D eigenvalue weighted by Gasteiger charge is -2.07. The predicted octanol–water partition coefficient (Wildman–Crippen LogP) is 3.24. The first kappa shape index (κ1) is 21.0. The number of carbonyl (C=O) groups is 1. The number of rotatable bonds is 6. The molecule has 7 nitrogen and oxygen atoms in total. The molecule has 0 aliphatic heterocycles. The maximum absolute atomic E-state index is 12.7. The summed E-state index contributed by atoms with van der Waals surface area (Å²) >= 11 is 6.43. The molecule has 0 saturated carbocycles. The normalized spacial score (nSPS) is 11.4. The summed E-state index contributed by atoms with van der Waals surface area (Å²) in [7, 11) is -3.61. The van der Waals surface area contributed by atoms with E-state index in [1.807, 2.05) is 31.2 Å². The third-order valence-corrected chi connectivity index (χ3v) is 5.44. The van der Waals surface area contributed by atoms with Gasteiger partial charge in [-0.2, -0.15) is 5.10 Å². The Balaban J connectivity index is 1.75. The topological polar surface area (TPSA) is 107 Å². The van der Waals surface area contributed by atoms with Crippen molar-refractivity contribution in [1.29, 1.82) is 0 Å². The van der Waals surface area contributed by atoms with Gasteiger partial charge in [-0.25, -0.2) is 18.2 Å². The maximum Gasteiger partial charge on any atom is 0.260 e. The van der Waals surface area contributed by atoms with Crippen LogP contribution in [0.15, 0.2) is 48.5 Å². The average molecular weight is 433 g/mol. The lowest BCUT2D eigenvalue weighted by atomic mass is 10.1. The number of hydrogen-bond donors (Lipinski definition) is 2. The molecule has 2 aromatic carbocycles. The quantitative estimate of drug-likeness (QED) is 0.623. The van der Waals surface area contributed by atoms with E-state index in [-0.39, 0.29) is 16.8 Å². The summed E-state index contributed by atoms with van der Waals surface area (Å²) in [6.45, 7) is 4.19. The van der Waals surface area contributed by atoms with E-state index in [1.165, 1.54) is 0 Å². The fraction of sp³-hybridized carbons (Fsp3) is 0.200. The molecule has 0 atom stereocenters. The Bertz CT molecular complexity index is 1140. The minimum Gasteiger partial charge on any atom is -0.322 e. The Morgan fingerprint density at radius 1 is 1.07 bits per heavy atom. The molecule has 0 radical (unpaired) electrons. The van der Waals surface area contributed by atoms with Crippen LogP contribution in [0.1, 0.15) is 32.7 Å². The standard InChI is InChI=1S/C20H21ClN4O3S/c1-13-3-5-15(6-4-13)11-25-19(21)18(14(2)24-25)20(26)23-17-9-7-16(8-10-17)12-29(22,27)28/h3-10H,11-12H2,1-2H3,(H,23,26)(H2,22,27,28). The van der Waals surface area contributed by atoms with Gasteiger partial charge in [0.05, 0.1) is 23.6 Å². The lowest BCUT2D eigenvalue weighted by Crippen LogP contribution is -2.15. The van der Waals surface area contributed by atoms with Gasteiger partial charge in [-0.1, -0.05) is 53.6 Å². The van der Waals surface area contributed by atoms with Gasteiger partial charge >= 0.3 is 0 Å². The van der Waals surface area contributed by atoms with Gasteiger partial charge in [-0.05, 0) is 37.1 Å². The summed E-state index contributed by atoms with van der Waals surface area (Å²) < 4.78 is 23.9. The molecule has 3 rings (SSSR count). The fourth-order valence-corrected chi connectivity index (χ4v) is 3.87. The van der Waals surface area contributed by atoms with E-state index in [2.05, 4.69) is 10.4 Å². The third-order valence-electron chi connectivity index (χ3n) is 4.33. The number of aromatic nitrogens is 2. The number of amides is 1. The van der Waals surface area contributed by atoms with E-state index in [1.54, 1.807) is 35.9 Å². The molecule has 0 aliphatic carbocycles. The third kappa shape index (κ3) is 5.44. The van der Waals surface area contributed by atoms with Gasteiger partial charge in [0.25, 0.3) is 5.91 Å². The Labute approximate surface area is 174 Å². The second-order valence-corrected chi connectivity index (χ2v) is 8.83. The number of aryl methyl sites for hydroxylation is 2. The van der Waals surface area contributed by atoms with Crippen LogP contribution in [0.2, 0.25) is 5.15 Å². The number of anilines is 1. The van der Waals surface area contributed by atoms with Gasteiger partial charge in [-0.3, -0.25) is 4.79 Å². The minimum atomic E-state index is -3.61. The monoisotopic (exact) mass is 432 g/mol. The van der Waals surface area contributed by atoms with Crippen molar-refractivity contribution < 1.29 is 13.2 Å². The van der Waals surface area contributed by atoms with Gasteiger partial charge < -0.3 is 5.32 Å². The van der Waals surface area contributed by atoms with Crippen LogP contribution in [-0.4, -0.2) is 24.1 Å². The molecule has 1 heterocycles. The Kier molecular flexibility index (Phi) is 6.07. The van der Waals surface area contributed by atoms with Crippen LogP contribution in [0.3, 0.4) is 0 Å². The second kappa shape index (κ2) is 8.36. The molecule has 1 aromatic heterocycles. The average Bonchev–Trinajstić information content (AvgIpc) is 2.91. The van der Waals surface area contributed by atoms with Crippen LogP contribution < -0.4 is 10.5 Å². The zero-order valence-corrected chi connectivity index (χ0v) is 17.6. The molecular formula is C20H21ClN4O3S. The number of halogens is 1. The number of benzene rings is 2. The van der Waals surface area contributed by atoms with Gasteiger partial charge in [0, 0.05) is 5.69 Å². The minimum absolute atomic E-state index is 0.256. The summed E-state index contributed by atoms with van der Waals surface area (Å²) in [5.74, 6) is -0.653. The van der Waals surface area contributed by atoms with Crippen LogP contribution in [0, 0.1) is 13.8 Å². The van der Waals surface area contributed by atoms with Gasteiger partial charge in [0.2, 0.25) is 10.0 Å². The van der Waals surface area contributed by atoms with Crippen LogP contribution in [0.5, 0.6) is 0 Å². The van der Waals surface area contributed by atoms with Crippen molar-refractivity contribution in [2.75, 3.05) is 5.32 Å². The zero-order chi connectivity index (χ0) is 21.2. The lowest BCUT2D eigenvalue weighted by molar-refractivity contribution is 0.102. The van der Waals surface area contributed by atoms with Gasteiger partial charge in [-0.15, -0.1) is 0 Å². The molecule has 0 aliphatic rings. The first-order valence-corrected chi connectivity index (χ1v) is 10.9. The summed E-state index contributed by atoms with van der Waals surface area (Å²) in [5, 5.41) is 12.4. The summed E-state index contributed by atoms with van der Waals surface area (Å²) in [4.78, 5) is 12.7. The van der Waals surface area contributed by atoms with E-state index in [9.17, 15) is 13.2 Å². The molecule has 29 heavy (non-hydrogen) atoms. The number of nitrogens with one attached hydrogen (secondary N) is 1. The smallest absolute Gasteiger partial charge is 0.260 e. The largest absolute Gasteiger partial charge is 0.322 e. The molecule has 0 saturated heterocycles. The van der Waals surface area contributed by atoms with E-state index < -0.39 is 10.0 Å². The van der Waals surface area contributed by atoms with Gasteiger partial charge in [0.15, 0.2) is 0 Å². The number of sulfonamides is 1. The number of carbonyl (C=O) groups excluding carboxylic acids is 1. The van der Waals surface area contributed by atoms with Crippen molar-refractivity contribution in [3.63, 3.8) is 0 Å². The van der Waals surface area contributed by atoms with Crippen molar-refractivity contribution in [3.05, 3.63) is 81.6 Å². The molecule has 0 bridgehead atoms. The van der Waals surface area contributed by atoms with Crippen LogP contribution >= 0.6 is 11.6 Å². The molecule has 3 N–H and O–H groups in total. The molecule has 0 spiro atoms. The summed E-state index contributed by atoms with van der Waals surface area (Å²) in [5.41, 5.74) is 4.04. The Hall–Kier alpha value is -2.68. The fourth-order valence-electron chi connectivity index (χ4n) is 2.89. The summed E-state index contributed by atoms with van der Waals surface area (Å²) in [6, 6.07) is 14.4. The van der Waals surface area contributed by atoms with Crippen molar-refractivity contribution in [1.82, 2.24) is 9.78 Å². The van der Waals surface area contributed by atoms with E-state index in [0.717, 1.165) is 11.1 Å². The Morgan fingerprint density at radius 2 is 1.66 bits per heavy atom. The highest BCUT2D eigenvalue weighted by molar-refractivity contribution is 7.88. The van der Waals surface area contributed by atoms with E-state index in [0.29, 0.717) is 29.1 Å². The molecule has 1 amide bonds. The highest BCUT2D eigenvalue weighted by atomic mass is 35.5. The number of nitrogens with two attached hydrogens (primary N) is 1. The highest BCUT2D eigenvalue weighted by Gasteiger charge is 2.20. The first-order valence-electron chi connectivity index (χ1n) is 8.81. The molecule has 9 heteroatoms. The van der Waals surface area contributed by atoms with Gasteiger partial charge in [0.1, 0.15) is 5.15 Å². The Morgan fingerprint density at radius 3 is 2.24 bits per heavy atom. The van der Waals surface area contributed by atoms with Crippen molar-refractivity contribution >= 4 is 33.2 Å². The first-order chi connectivity index (χ1) is 13.6. The maximum atomic E-state index is 12.7. The van der Waals surface area contributed by atoms with Crippen LogP contribution in [0.4, 0.5) is 5.69 Å². The van der Waals surface area contributed by atoms with E-state index >= 15 is 0 Å². The number of nitrogens with zero attached hydrogens (tertiary/aromatic N) is 2. The van der Waals surface area contributed by atoms with Crippen LogP contribution in [-0.2, 0) is 22.3 Å². The molecule has 3 aromatic rings. The summed E-state index contributed by atoms with van der Waals surface area (Å²) in [6.07, 6.45) is 0. The predicted molar refractivity (Wildman–Crippen MR) is 113 cm³/mol. The second-order valence-electron chi connectivity index (χ2n) is 6.85. The zero-order valence-electron chi connectivity index (χ0n) is 16.0. The molecule has 0 fully saturated rings. The molecule has 0 unspecified atom stereocenters. The molecule has 152 valence electrons. The SMILES string of the molecule is Cc1ccc(Cn2nc(C)c(C(=O)Nc3ccc(CS(N)(=O)=O)cc3)c2Cl)cc1. The van der Waals surface area contributed by atoms with Crippen LogP contribution in [0.25, 0.3) is 0 Å². The van der Waals surface area contributed by atoms with Crippen molar-refractivity contribution in [2.24, 2.45) is 5.14 Å². The van der Waals surface area contributed by atoms with Crippen molar-refractivity contribution in [2.45, 2.75) is 26.1 Å². The van der Waals surface area contributed by atoms with E-state index in [4.69, 9.17) is 16.7 Å². The highest BCUT2D eigenvalue weighted by Crippen LogP contribution is 2.23. The molecular weight excluding hydrogens is 412 g/mol. The van der Waals surface area contributed by atoms with Crippen molar-refractivity contribution in [3.8, 4) is 0 Å². The number of primary sulfonamides is 1.